The molecule has 1 aliphatic rings. The predicted molar refractivity (Wildman–Crippen MR) is 102 cm³/mol. The first-order valence-corrected chi connectivity index (χ1v) is 9.04. The van der Waals surface area contributed by atoms with E-state index in [4.69, 9.17) is 4.74 Å². The molecule has 5 heteroatoms. The summed E-state index contributed by atoms with van der Waals surface area (Å²) in [7, 11) is 0. The van der Waals surface area contributed by atoms with Gasteiger partial charge in [-0.25, -0.2) is 4.79 Å². The van der Waals surface area contributed by atoms with E-state index in [1.54, 1.807) is 0 Å². The minimum atomic E-state index is -0.240. The van der Waals surface area contributed by atoms with E-state index in [1.165, 1.54) is 38.5 Å². The number of hydrogen-bond acceptors (Lipinski definition) is 4. The van der Waals surface area contributed by atoms with Crippen LogP contribution >= 0.6 is 12.4 Å². The number of rotatable bonds is 9. The molecule has 0 amide bonds. The van der Waals surface area contributed by atoms with Crippen LogP contribution in [0.4, 0.5) is 5.69 Å². The topological polar surface area (TPSA) is 50.4 Å². The van der Waals surface area contributed by atoms with E-state index in [9.17, 15) is 4.79 Å². The summed E-state index contributed by atoms with van der Waals surface area (Å²) in [5, 5.41) is 6.82. The summed E-state index contributed by atoms with van der Waals surface area (Å²) in [6, 6.07) is 8.13. The molecule has 0 radical (unpaired) electrons. The molecular formula is C19H31ClN2O2. The monoisotopic (exact) mass is 354 g/mol. The Hall–Kier alpha value is -1.26. The third kappa shape index (κ3) is 7.54. The minimum Gasteiger partial charge on any atom is -0.461 e. The number of anilines is 1. The maximum absolute atomic E-state index is 12.0. The lowest BCUT2D eigenvalue weighted by Crippen LogP contribution is -2.33. The number of halogens is 1. The molecule has 1 aromatic rings. The Kier molecular flexibility index (Phi) is 10.5. The van der Waals surface area contributed by atoms with Crippen molar-refractivity contribution in [1.82, 2.24) is 5.32 Å². The van der Waals surface area contributed by atoms with Gasteiger partial charge in [0.2, 0.25) is 0 Å². The molecule has 0 unspecified atom stereocenters. The molecule has 0 aromatic heterocycles. The quantitative estimate of drug-likeness (QED) is 0.509. The van der Waals surface area contributed by atoms with Gasteiger partial charge >= 0.3 is 5.97 Å². The summed E-state index contributed by atoms with van der Waals surface area (Å²) in [4.78, 5) is 12.0. The number of carbonyl (C=O) groups is 1. The average molecular weight is 355 g/mol. The highest BCUT2D eigenvalue weighted by Gasteiger charge is 2.12. The highest BCUT2D eigenvalue weighted by molar-refractivity contribution is 5.89. The van der Waals surface area contributed by atoms with Crippen LogP contribution in [0.15, 0.2) is 24.3 Å². The summed E-state index contributed by atoms with van der Waals surface area (Å²) in [5.74, 6) is -0.240. The van der Waals surface area contributed by atoms with Gasteiger partial charge in [-0.3, -0.25) is 0 Å². The Labute approximate surface area is 152 Å². The molecule has 0 bridgehead atoms. The Morgan fingerprint density at radius 3 is 2.50 bits per heavy atom. The van der Waals surface area contributed by atoms with Crippen molar-refractivity contribution in [2.45, 2.75) is 57.9 Å². The first-order chi connectivity index (χ1) is 11.3. The second-order valence-electron chi connectivity index (χ2n) is 6.28. The van der Waals surface area contributed by atoms with Gasteiger partial charge in [-0.2, -0.15) is 0 Å². The van der Waals surface area contributed by atoms with Crippen LogP contribution in [0.3, 0.4) is 0 Å². The number of esters is 1. The van der Waals surface area contributed by atoms with Crippen molar-refractivity contribution in [1.29, 1.82) is 0 Å². The smallest absolute Gasteiger partial charge is 0.338 e. The standard InChI is InChI=1S/C19H30N2O2.ClH/c1-2-3-13-20-18-11-9-16(10-12-18)19(22)23-15-14-21-17-7-5-4-6-8-17;/h9-12,17,20-21H,2-8,13-15H2,1H3;1H. The number of hydrogen-bond donors (Lipinski definition) is 2. The normalized spacial score (nSPS) is 14.7. The van der Waals surface area contributed by atoms with Crippen molar-refractivity contribution < 1.29 is 9.53 Å². The number of benzene rings is 1. The summed E-state index contributed by atoms with van der Waals surface area (Å²) < 4.78 is 5.34. The van der Waals surface area contributed by atoms with Gasteiger partial charge in [0, 0.05) is 24.8 Å². The highest BCUT2D eigenvalue weighted by Crippen LogP contribution is 2.17. The van der Waals surface area contributed by atoms with Crippen molar-refractivity contribution in [3.05, 3.63) is 29.8 Å². The molecule has 136 valence electrons. The minimum absolute atomic E-state index is 0. The molecule has 2 rings (SSSR count). The Bertz CT molecular complexity index is 459. The van der Waals surface area contributed by atoms with Crippen molar-refractivity contribution in [3.63, 3.8) is 0 Å². The number of ether oxygens (including phenoxy) is 1. The lowest BCUT2D eigenvalue weighted by Gasteiger charge is -2.22. The van der Waals surface area contributed by atoms with Gasteiger partial charge in [0.1, 0.15) is 6.61 Å². The van der Waals surface area contributed by atoms with E-state index in [2.05, 4.69) is 17.6 Å². The fraction of sp³-hybridized carbons (Fsp3) is 0.632. The van der Waals surface area contributed by atoms with Gasteiger partial charge in [0.25, 0.3) is 0 Å². The summed E-state index contributed by atoms with van der Waals surface area (Å²) in [6.45, 7) is 4.32. The summed E-state index contributed by atoms with van der Waals surface area (Å²) in [6.07, 6.45) is 8.81. The number of carbonyl (C=O) groups excluding carboxylic acids is 1. The second-order valence-corrected chi connectivity index (χ2v) is 6.28. The van der Waals surface area contributed by atoms with Crippen molar-refractivity contribution in [2.75, 3.05) is 25.0 Å². The van der Waals surface area contributed by atoms with Crippen LogP contribution < -0.4 is 10.6 Å². The Morgan fingerprint density at radius 2 is 1.83 bits per heavy atom. The van der Waals surface area contributed by atoms with Gasteiger partial charge in [0.15, 0.2) is 0 Å². The van der Waals surface area contributed by atoms with Crippen molar-refractivity contribution in [2.24, 2.45) is 0 Å². The van der Waals surface area contributed by atoms with Crippen molar-refractivity contribution >= 4 is 24.1 Å². The van der Waals surface area contributed by atoms with E-state index < -0.39 is 0 Å². The van der Waals surface area contributed by atoms with Gasteiger partial charge in [-0.15, -0.1) is 12.4 Å². The molecule has 1 saturated carbocycles. The molecule has 4 nitrogen and oxygen atoms in total. The summed E-state index contributed by atoms with van der Waals surface area (Å²) >= 11 is 0. The van der Waals surface area contributed by atoms with Crippen LogP contribution in [0.5, 0.6) is 0 Å². The van der Waals surface area contributed by atoms with Gasteiger partial charge in [0.05, 0.1) is 5.56 Å². The second kappa shape index (κ2) is 12.2. The fourth-order valence-electron chi connectivity index (χ4n) is 2.93. The Morgan fingerprint density at radius 1 is 1.12 bits per heavy atom. The van der Waals surface area contributed by atoms with Crippen LogP contribution in [0.25, 0.3) is 0 Å². The van der Waals surface area contributed by atoms with Crippen molar-refractivity contribution in [3.8, 4) is 0 Å². The molecule has 0 heterocycles. The van der Waals surface area contributed by atoms with Crippen LogP contribution in [0.1, 0.15) is 62.2 Å². The number of unbranched alkanes of at least 4 members (excludes halogenated alkanes) is 1. The van der Waals surface area contributed by atoms with Gasteiger partial charge in [-0.05, 0) is 43.5 Å². The van der Waals surface area contributed by atoms with Gasteiger partial charge < -0.3 is 15.4 Å². The maximum Gasteiger partial charge on any atom is 0.338 e. The van der Waals surface area contributed by atoms with Crippen LogP contribution in [0, 0.1) is 0 Å². The molecule has 1 aromatic carbocycles. The largest absolute Gasteiger partial charge is 0.461 e. The molecular weight excluding hydrogens is 324 g/mol. The molecule has 0 aliphatic heterocycles. The maximum atomic E-state index is 12.0. The lowest BCUT2D eigenvalue weighted by molar-refractivity contribution is 0.0504. The molecule has 1 fully saturated rings. The zero-order valence-electron chi connectivity index (χ0n) is 14.7. The third-order valence-corrected chi connectivity index (χ3v) is 4.35. The van der Waals surface area contributed by atoms with Crippen LogP contribution in [-0.4, -0.2) is 31.7 Å². The summed E-state index contributed by atoms with van der Waals surface area (Å²) in [5.41, 5.74) is 1.66. The molecule has 0 spiro atoms. The molecule has 1 aliphatic carbocycles. The number of nitrogens with one attached hydrogen (secondary N) is 2. The van der Waals surface area contributed by atoms with E-state index in [0.717, 1.165) is 25.2 Å². The molecule has 24 heavy (non-hydrogen) atoms. The van der Waals surface area contributed by atoms with Crippen LogP contribution in [-0.2, 0) is 4.74 Å². The SMILES string of the molecule is CCCCNc1ccc(C(=O)OCCNC2CCCCC2)cc1.Cl. The van der Waals surface area contributed by atoms with Gasteiger partial charge in [-0.1, -0.05) is 32.6 Å². The zero-order chi connectivity index (χ0) is 16.3. The fourth-order valence-corrected chi connectivity index (χ4v) is 2.93. The van der Waals surface area contributed by atoms with E-state index >= 15 is 0 Å². The highest BCUT2D eigenvalue weighted by atomic mass is 35.5. The predicted octanol–water partition coefficient (Wildman–Crippen LogP) is 4.40. The molecule has 0 atom stereocenters. The van der Waals surface area contributed by atoms with Crippen LogP contribution in [0.2, 0.25) is 0 Å². The first-order valence-electron chi connectivity index (χ1n) is 9.04. The first kappa shape index (κ1) is 20.8. The van der Waals surface area contributed by atoms with E-state index in [0.29, 0.717) is 18.2 Å². The molecule has 0 saturated heterocycles. The third-order valence-electron chi connectivity index (χ3n) is 4.35. The van der Waals surface area contributed by atoms with E-state index in [-0.39, 0.29) is 18.4 Å². The zero-order valence-corrected chi connectivity index (χ0v) is 15.5. The average Bonchev–Trinajstić information content (AvgIpc) is 2.60. The van der Waals surface area contributed by atoms with E-state index in [1.807, 2.05) is 24.3 Å². The molecule has 2 N–H and O–H groups in total. The lowest BCUT2D eigenvalue weighted by atomic mass is 9.96. The Balaban J connectivity index is 0.00000288.